The van der Waals surface area contributed by atoms with Gasteiger partial charge in [-0.25, -0.2) is 0 Å². The first-order valence-corrected chi connectivity index (χ1v) is 9.34. The Morgan fingerprint density at radius 3 is 1.61 bits per heavy atom. The van der Waals surface area contributed by atoms with Gasteiger partial charge >= 0.3 is 0 Å². The molecule has 0 atom stereocenters. The minimum atomic E-state index is 0.462. The first-order valence-electron chi connectivity index (χ1n) is 8.61. The number of fused-ring (bicyclic) bond motifs is 1. The van der Waals surface area contributed by atoms with Gasteiger partial charge in [0.15, 0.2) is 11.0 Å². The smallest absolute Gasteiger partial charge is 0.263 e. The van der Waals surface area contributed by atoms with Crippen molar-refractivity contribution in [2.24, 2.45) is 0 Å². The van der Waals surface area contributed by atoms with Crippen molar-refractivity contribution in [2.45, 2.75) is 65.2 Å². The molecule has 0 fully saturated rings. The van der Waals surface area contributed by atoms with Crippen molar-refractivity contribution < 1.29 is 9.47 Å². The Morgan fingerprint density at radius 2 is 1.17 bits per heavy atom. The van der Waals surface area contributed by atoms with Crippen molar-refractivity contribution in [2.75, 3.05) is 13.2 Å². The Kier molecular flexibility index (Phi) is 8.00. The standard InChI is InChI=1S/C16H26N4O2S/c1-3-5-7-9-11-21-15-13-14(20-23-19-13)16(18-17-15)22-12-10-8-6-4-2/h3-12H2,1-2H3. The third-order valence-corrected chi connectivity index (χ3v) is 4.13. The van der Waals surface area contributed by atoms with Gasteiger partial charge in [-0.3, -0.25) is 0 Å². The van der Waals surface area contributed by atoms with E-state index in [4.69, 9.17) is 9.47 Å². The van der Waals surface area contributed by atoms with Crippen LogP contribution in [0.15, 0.2) is 0 Å². The molecule has 0 aliphatic rings. The second-order valence-electron chi connectivity index (χ2n) is 5.59. The van der Waals surface area contributed by atoms with E-state index in [0.717, 1.165) is 24.6 Å². The van der Waals surface area contributed by atoms with E-state index in [1.54, 1.807) is 0 Å². The van der Waals surface area contributed by atoms with Crippen molar-refractivity contribution in [3.05, 3.63) is 0 Å². The van der Waals surface area contributed by atoms with E-state index in [-0.39, 0.29) is 0 Å². The van der Waals surface area contributed by atoms with Crippen molar-refractivity contribution in [1.82, 2.24) is 18.9 Å². The van der Waals surface area contributed by atoms with Crippen LogP contribution in [0.4, 0.5) is 0 Å². The zero-order valence-electron chi connectivity index (χ0n) is 14.1. The highest BCUT2D eigenvalue weighted by molar-refractivity contribution is 7.00. The lowest BCUT2D eigenvalue weighted by molar-refractivity contribution is 0.279. The largest absolute Gasteiger partial charge is 0.475 e. The van der Waals surface area contributed by atoms with E-state index in [1.807, 2.05) is 0 Å². The minimum absolute atomic E-state index is 0.462. The lowest BCUT2D eigenvalue weighted by Crippen LogP contribution is -2.04. The van der Waals surface area contributed by atoms with E-state index < -0.39 is 0 Å². The summed E-state index contributed by atoms with van der Waals surface area (Å²) in [6, 6.07) is 0. The monoisotopic (exact) mass is 338 g/mol. The van der Waals surface area contributed by atoms with Gasteiger partial charge in [0.05, 0.1) is 24.9 Å². The van der Waals surface area contributed by atoms with E-state index in [9.17, 15) is 0 Å². The molecular weight excluding hydrogens is 312 g/mol. The van der Waals surface area contributed by atoms with Crippen LogP contribution in [-0.2, 0) is 0 Å². The summed E-state index contributed by atoms with van der Waals surface area (Å²) in [5.74, 6) is 0.923. The van der Waals surface area contributed by atoms with E-state index >= 15 is 0 Å². The van der Waals surface area contributed by atoms with Crippen LogP contribution in [0.1, 0.15) is 65.2 Å². The molecular formula is C16H26N4O2S. The molecule has 0 saturated carbocycles. The number of aromatic nitrogens is 4. The molecule has 0 N–H and O–H groups in total. The predicted molar refractivity (Wildman–Crippen MR) is 92.3 cm³/mol. The molecule has 0 amide bonds. The molecule has 0 radical (unpaired) electrons. The predicted octanol–water partition coefficient (Wildman–Crippen LogP) is 4.40. The van der Waals surface area contributed by atoms with Crippen LogP contribution in [-0.4, -0.2) is 32.2 Å². The molecule has 2 aromatic heterocycles. The Labute approximate surface area is 141 Å². The van der Waals surface area contributed by atoms with Crippen LogP contribution in [0.5, 0.6) is 11.8 Å². The van der Waals surface area contributed by atoms with Crippen LogP contribution >= 0.6 is 11.7 Å². The topological polar surface area (TPSA) is 70.0 Å². The number of hydrogen-bond acceptors (Lipinski definition) is 7. The van der Waals surface area contributed by atoms with Crippen LogP contribution < -0.4 is 9.47 Å². The molecule has 23 heavy (non-hydrogen) atoms. The normalized spacial score (nSPS) is 11.0. The molecule has 0 aliphatic heterocycles. The molecule has 6 nitrogen and oxygen atoms in total. The fourth-order valence-corrected chi connectivity index (χ4v) is 2.78. The first-order chi connectivity index (χ1) is 11.4. The summed E-state index contributed by atoms with van der Waals surface area (Å²) in [5, 5.41) is 8.24. The molecule has 0 aromatic carbocycles. The number of nitrogens with zero attached hydrogens (tertiary/aromatic N) is 4. The number of ether oxygens (including phenoxy) is 2. The summed E-state index contributed by atoms with van der Waals surface area (Å²) >= 11 is 1.14. The van der Waals surface area contributed by atoms with E-state index in [1.165, 1.54) is 38.5 Å². The summed E-state index contributed by atoms with van der Waals surface area (Å²) in [5.41, 5.74) is 1.31. The minimum Gasteiger partial charge on any atom is -0.475 e. The lowest BCUT2D eigenvalue weighted by atomic mass is 10.2. The highest BCUT2D eigenvalue weighted by Gasteiger charge is 2.15. The Bertz CT molecular complexity index is 528. The third-order valence-electron chi connectivity index (χ3n) is 3.60. The van der Waals surface area contributed by atoms with Crippen molar-refractivity contribution >= 4 is 22.8 Å². The fourth-order valence-electron chi connectivity index (χ4n) is 2.24. The van der Waals surface area contributed by atoms with Gasteiger partial charge in [-0.05, 0) is 12.8 Å². The second kappa shape index (κ2) is 10.3. The van der Waals surface area contributed by atoms with Crippen LogP contribution in [0.25, 0.3) is 11.0 Å². The second-order valence-corrected chi connectivity index (χ2v) is 6.12. The number of unbranched alkanes of at least 4 members (excludes halogenated alkanes) is 6. The third kappa shape index (κ3) is 5.57. The fraction of sp³-hybridized carbons (Fsp3) is 0.750. The van der Waals surface area contributed by atoms with Gasteiger partial charge in [0.2, 0.25) is 0 Å². The SMILES string of the molecule is CCCCCCOc1nnc(OCCCCCC)c2nsnc12. The molecule has 2 aromatic rings. The molecule has 0 spiro atoms. The van der Waals surface area contributed by atoms with E-state index in [0.29, 0.717) is 36.0 Å². The molecule has 0 aliphatic carbocycles. The average molecular weight is 338 g/mol. The molecule has 128 valence electrons. The maximum Gasteiger partial charge on any atom is 0.263 e. The summed E-state index contributed by atoms with van der Waals surface area (Å²) < 4.78 is 20.0. The van der Waals surface area contributed by atoms with Gasteiger partial charge in [0, 0.05) is 0 Å². The molecule has 2 heterocycles. The molecule has 0 unspecified atom stereocenters. The van der Waals surface area contributed by atoms with Gasteiger partial charge in [-0.2, -0.15) is 8.75 Å². The van der Waals surface area contributed by atoms with Crippen molar-refractivity contribution in [3.63, 3.8) is 0 Å². The Hall–Kier alpha value is -1.50. The first kappa shape index (κ1) is 17.8. The molecule has 7 heteroatoms. The lowest BCUT2D eigenvalue weighted by Gasteiger charge is -2.07. The van der Waals surface area contributed by atoms with Crippen LogP contribution in [0.3, 0.4) is 0 Å². The van der Waals surface area contributed by atoms with Gasteiger partial charge in [0.1, 0.15) is 0 Å². The molecule has 2 rings (SSSR count). The van der Waals surface area contributed by atoms with Gasteiger partial charge in [-0.15, -0.1) is 10.2 Å². The van der Waals surface area contributed by atoms with Crippen molar-refractivity contribution in [3.8, 4) is 11.8 Å². The number of hydrogen-bond donors (Lipinski definition) is 0. The average Bonchev–Trinajstić information content (AvgIpc) is 3.06. The Morgan fingerprint density at radius 1 is 0.696 bits per heavy atom. The summed E-state index contributed by atoms with van der Waals surface area (Å²) in [7, 11) is 0. The summed E-state index contributed by atoms with van der Waals surface area (Å²) in [4.78, 5) is 0. The quantitative estimate of drug-likeness (QED) is 0.534. The highest BCUT2D eigenvalue weighted by Crippen LogP contribution is 2.27. The molecule has 0 saturated heterocycles. The van der Waals surface area contributed by atoms with Crippen LogP contribution in [0, 0.1) is 0 Å². The van der Waals surface area contributed by atoms with Crippen molar-refractivity contribution in [1.29, 1.82) is 0 Å². The van der Waals surface area contributed by atoms with Gasteiger partial charge < -0.3 is 9.47 Å². The van der Waals surface area contributed by atoms with Gasteiger partial charge in [0.25, 0.3) is 11.8 Å². The summed E-state index contributed by atoms with van der Waals surface area (Å²) in [6.45, 7) is 5.66. The maximum atomic E-state index is 5.71. The zero-order valence-corrected chi connectivity index (χ0v) is 14.9. The van der Waals surface area contributed by atoms with Crippen LogP contribution in [0.2, 0.25) is 0 Å². The van der Waals surface area contributed by atoms with E-state index in [2.05, 4.69) is 32.8 Å². The highest BCUT2D eigenvalue weighted by atomic mass is 32.1. The zero-order chi connectivity index (χ0) is 16.3. The maximum absolute atomic E-state index is 5.71. The number of rotatable bonds is 12. The molecule has 0 bridgehead atoms. The Balaban J connectivity index is 1.89. The summed E-state index contributed by atoms with van der Waals surface area (Å²) in [6.07, 6.45) is 9.26. The van der Waals surface area contributed by atoms with Gasteiger partial charge in [-0.1, -0.05) is 52.4 Å².